The number of hydroxylamine groups is 2. The normalized spacial score (nSPS) is 24.1. The predicted molar refractivity (Wildman–Crippen MR) is 118 cm³/mol. The second-order valence-electron chi connectivity index (χ2n) is 9.21. The van der Waals surface area contributed by atoms with Gasteiger partial charge in [0.2, 0.25) is 0 Å². The third kappa shape index (κ3) is 3.95. The summed E-state index contributed by atoms with van der Waals surface area (Å²) in [4.78, 5) is 46.4. The highest BCUT2D eigenvalue weighted by Crippen LogP contribution is 2.39. The first kappa shape index (κ1) is 20.9. The summed E-state index contributed by atoms with van der Waals surface area (Å²) in [5.41, 5.74) is 1.78. The first-order valence-electron chi connectivity index (χ1n) is 11.6. The second-order valence-corrected chi connectivity index (χ2v) is 9.21. The average Bonchev–Trinajstić information content (AvgIpc) is 3.36. The molecule has 1 saturated heterocycles. The number of amides is 2. The van der Waals surface area contributed by atoms with E-state index in [1.165, 1.54) is 24.8 Å². The smallest absolute Gasteiger partial charge is 0.329 e. The molecule has 0 bridgehead atoms. The predicted octanol–water partition coefficient (Wildman–Crippen LogP) is 4.07. The van der Waals surface area contributed by atoms with Crippen molar-refractivity contribution in [3.63, 3.8) is 0 Å². The molecule has 1 saturated carbocycles. The largest absolute Gasteiger partial charge is 0.337 e. The summed E-state index contributed by atoms with van der Waals surface area (Å²) >= 11 is 0. The molecular formula is C26H28N2O4. The molecule has 2 aromatic rings. The lowest BCUT2D eigenvalue weighted by Gasteiger charge is -2.30. The van der Waals surface area contributed by atoms with Gasteiger partial charge in [-0.05, 0) is 29.5 Å². The minimum atomic E-state index is -0.563. The number of hydrogen-bond donors (Lipinski definition) is 0. The van der Waals surface area contributed by atoms with Crippen LogP contribution in [-0.4, -0.2) is 40.8 Å². The summed E-state index contributed by atoms with van der Waals surface area (Å²) in [5, 5.41) is 0.658. The molecule has 3 aliphatic rings. The molecule has 0 spiro atoms. The fraction of sp³-hybridized carbons (Fsp3) is 0.423. The molecule has 0 radical (unpaired) electrons. The number of nitrogens with zero attached hydrogens (tertiary/aromatic N) is 2. The van der Waals surface area contributed by atoms with Gasteiger partial charge in [0.15, 0.2) is 0 Å². The maximum absolute atomic E-state index is 13.3. The van der Waals surface area contributed by atoms with Crippen LogP contribution in [0, 0.1) is 17.8 Å². The molecule has 166 valence electrons. The van der Waals surface area contributed by atoms with Crippen LogP contribution < -0.4 is 0 Å². The lowest BCUT2D eigenvalue weighted by Crippen LogP contribution is -2.38. The summed E-state index contributed by atoms with van der Waals surface area (Å²) in [6.45, 7) is 2.19. The Morgan fingerprint density at radius 3 is 2.12 bits per heavy atom. The molecular weight excluding hydrogens is 404 g/mol. The van der Waals surface area contributed by atoms with Gasteiger partial charge in [-0.2, -0.15) is 0 Å². The Morgan fingerprint density at radius 1 is 0.844 bits per heavy atom. The lowest BCUT2D eigenvalue weighted by atomic mass is 9.75. The third-order valence-corrected chi connectivity index (χ3v) is 7.19. The fourth-order valence-corrected chi connectivity index (χ4v) is 5.58. The van der Waals surface area contributed by atoms with Gasteiger partial charge in [-0.25, -0.2) is 4.79 Å². The third-order valence-electron chi connectivity index (χ3n) is 7.19. The molecule has 32 heavy (non-hydrogen) atoms. The standard InChI is InChI=1S/C26H28N2O4/c29-24-20-13-7-8-14-21(20)25(30)28(24)32-26(31)23-17-27(15-18-9-3-1-4-10-18)16-22(23)19-11-5-2-6-12-19/h1,3-4,7-10,13-14,19,22-23H,2,5-6,11-12,15-17H2/t22-,23+/m0/s1. The number of carbonyl (C=O) groups excluding carboxylic acids is 3. The van der Waals surface area contributed by atoms with Crippen LogP contribution in [-0.2, 0) is 16.2 Å². The zero-order valence-corrected chi connectivity index (χ0v) is 18.1. The van der Waals surface area contributed by atoms with E-state index in [-0.39, 0.29) is 23.0 Å². The van der Waals surface area contributed by atoms with Gasteiger partial charge in [0.1, 0.15) is 0 Å². The van der Waals surface area contributed by atoms with Gasteiger partial charge in [-0.1, -0.05) is 79.6 Å². The van der Waals surface area contributed by atoms with Crippen molar-refractivity contribution in [3.8, 4) is 0 Å². The molecule has 0 unspecified atom stereocenters. The first-order chi connectivity index (χ1) is 15.6. The van der Waals surface area contributed by atoms with Crippen molar-refractivity contribution in [3.05, 3.63) is 71.3 Å². The van der Waals surface area contributed by atoms with E-state index < -0.39 is 17.8 Å². The Kier molecular flexibility index (Phi) is 5.79. The van der Waals surface area contributed by atoms with Crippen LogP contribution in [0.3, 0.4) is 0 Å². The van der Waals surface area contributed by atoms with E-state index in [4.69, 9.17) is 4.84 Å². The van der Waals surface area contributed by atoms with Crippen LogP contribution in [0.4, 0.5) is 0 Å². The minimum Gasteiger partial charge on any atom is -0.329 e. The first-order valence-corrected chi connectivity index (χ1v) is 11.6. The van der Waals surface area contributed by atoms with Gasteiger partial charge in [0.05, 0.1) is 17.0 Å². The summed E-state index contributed by atoms with van der Waals surface area (Å²) in [6.07, 6.45) is 5.89. The molecule has 5 rings (SSSR count). The van der Waals surface area contributed by atoms with Gasteiger partial charge in [-0.3, -0.25) is 14.5 Å². The molecule has 0 aromatic heterocycles. The zero-order chi connectivity index (χ0) is 22.1. The van der Waals surface area contributed by atoms with Crippen molar-refractivity contribution >= 4 is 17.8 Å². The van der Waals surface area contributed by atoms with E-state index in [1.54, 1.807) is 24.3 Å². The maximum Gasteiger partial charge on any atom is 0.337 e. The van der Waals surface area contributed by atoms with Crippen molar-refractivity contribution < 1.29 is 19.2 Å². The Balaban J connectivity index is 1.33. The summed E-state index contributed by atoms with van der Waals surface area (Å²) in [7, 11) is 0. The number of hydrogen-bond acceptors (Lipinski definition) is 5. The molecule has 2 amide bonds. The van der Waals surface area contributed by atoms with E-state index in [0.717, 1.165) is 25.9 Å². The highest BCUT2D eigenvalue weighted by Gasteiger charge is 2.46. The van der Waals surface area contributed by atoms with E-state index in [2.05, 4.69) is 17.0 Å². The highest BCUT2D eigenvalue weighted by atomic mass is 16.7. The van der Waals surface area contributed by atoms with E-state index in [9.17, 15) is 14.4 Å². The van der Waals surface area contributed by atoms with E-state index in [1.807, 2.05) is 18.2 Å². The number of likely N-dealkylation sites (tertiary alicyclic amines) is 1. The molecule has 2 heterocycles. The number of benzene rings is 2. The zero-order valence-electron chi connectivity index (χ0n) is 18.1. The van der Waals surface area contributed by atoms with Crippen LogP contribution in [0.2, 0.25) is 0 Å². The summed E-state index contributed by atoms with van der Waals surface area (Å²) in [6, 6.07) is 16.8. The van der Waals surface area contributed by atoms with Crippen LogP contribution in [0.15, 0.2) is 54.6 Å². The van der Waals surface area contributed by atoms with Gasteiger partial charge in [0, 0.05) is 19.6 Å². The van der Waals surface area contributed by atoms with Crippen LogP contribution in [0.5, 0.6) is 0 Å². The average molecular weight is 433 g/mol. The number of rotatable bonds is 5. The number of fused-ring (bicyclic) bond motifs is 1. The fourth-order valence-electron chi connectivity index (χ4n) is 5.58. The molecule has 1 aliphatic carbocycles. The van der Waals surface area contributed by atoms with Gasteiger partial charge in [-0.15, -0.1) is 0 Å². The summed E-state index contributed by atoms with van der Waals surface area (Å²) in [5.74, 6) is -1.28. The Hall–Kier alpha value is -2.99. The molecule has 2 fully saturated rings. The Morgan fingerprint density at radius 2 is 1.47 bits per heavy atom. The van der Waals surface area contributed by atoms with Crippen LogP contribution in [0.1, 0.15) is 58.4 Å². The van der Waals surface area contributed by atoms with Crippen molar-refractivity contribution in [1.29, 1.82) is 0 Å². The van der Waals surface area contributed by atoms with E-state index in [0.29, 0.717) is 17.5 Å². The second kappa shape index (κ2) is 8.87. The summed E-state index contributed by atoms with van der Waals surface area (Å²) < 4.78 is 0. The molecule has 6 nitrogen and oxygen atoms in total. The molecule has 2 aromatic carbocycles. The quantitative estimate of drug-likeness (QED) is 0.667. The molecule has 0 N–H and O–H groups in total. The van der Waals surface area contributed by atoms with Crippen molar-refractivity contribution in [1.82, 2.24) is 9.96 Å². The lowest BCUT2D eigenvalue weighted by molar-refractivity contribution is -0.175. The Labute approximate surface area is 188 Å². The van der Waals surface area contributed by atoms with Crippen LogP contribution >= 0.6 is 0 Å². The van der Waals surface area contributed by atoms with E-state index >= 15 is 0 Å². The van der Waals surface area contributed by atoms with Crippen molar-refractivity contribution in [2.75, 3.05) is 13.1 Å². The minimum absolute atomic E-state index is 0.182. The molecule has 2 aliphatic heterocycles. The van der Waals surface area contributed by atoms with Crippen LogP contribution in [0.25, 0.3) is 0 Å². The van der Waals surface area contributed by atoms with Gasteiger partial charge >= 0.3 is 5.97 Å². The Bertz CT molecular complexity index is 980. The molecule has 6 heteroatoms. The number of carbonyl (C=O) groups is 3. The van der Waals surface area contributed by atoms with Crippen molar-refractivity contribution in [2.24, 2.45) is 17.8 Å². The SMILES string of the molecule is O=C(ON1C(=O)c2ccccc2C1=O)[C@@H]1CN(Cc2ccccc2)C[C@H]1C1CCCCC1. The topological polar surface area (TPSA) is 66.9 Å². The maximum atomic E-state index is 13.3. The highest BCUT2D eigenvalue weighted by molar-refractivity contribution is 6.20. The van der Waals surface area contributed by atoms with Crippen molar-refractivity contribution in [2.45, 2.75) is 38.6 Å². The number of imide groups is 1. The monoisotopic (exact) mass is 432 g/mol. The van der Waals surface area contributed by atoms with Gasteiger partial charge < -0.3 is 4.84 Å². The molecule has 2 atom stereocenters. The van der Waals surface area contributed by atoms with Gasteiger partial charge in [0.25, 0.3) is 11.8 Å².